The second-order valence-electron chi connectivity index (χ2n) is 9.05. The SMILES string of the molecule is CNC(=O)[C@H]1Cc2c([nH]c3ccccc23)CN1C(=O)C[C@@H](Cc1cccc(F)c1)NC(=O)C1CO1. The van der Waals surface area contributed by atoms with Gasteiger partial charge in [-0.25, -0.2) is 4.39 Å². The minimum Gasteiger partial charge on any atom is -0.363 e. The van der Waals surface area contributed by atoms with Crippen LogP contribution in [0.2, 0.25) is 0 Å². The highest BCUT2D eigenvalue weighted by Crippen LogP contribution is 2.31. The number of epoxide rings is 1. The summed E-state index contributed by atoms with van der Waals surface area (Å²) in [6, 6.07) is 12.7. The van der Waals surface area contributed by atoms with E-state index in [1.54, 1.807) is 24.1 Å². The zero-order valence-corrected chi connectivity index (χ0v) is 19.3. The summed E-state index contributed by atoms with van der Waals surface area (Å²) in [5, 5.41) is 6.59. The summed E-state index contributed by atoms with van der Waals surface area (Å²) in [7, 11) is 1.55. The van der Waals surface area contributed by atoms with Crippen LogP contribution in [0.15, 0.2) is 48.5 Å². The number of carbonyl (C=O) groups excluding carboxylic acids is 3. The molecule has 0 radical (unpaired) electrons. The van der Waals surface area contributed by atoms with Gasteiger partial charge in [0.05, 0.1) is 13.2 Å². The maximum absolute atomic E-state index is 13.7. The number of para-hydroxylation sites is 1. The maximum Gasteiger partial charge on any atom is 0.251 e. The van der Waals surface area contributed by atoms with Gasteiger partial charge >= 0.3 is 0 Å². The van der Waals surface area contributed by atoms with E-state index in [0.717, 1.165) is 22.2 Å². The Bertz CT molecular complexity index is 1290. The van der Waals surface area contributed by atoms with Gasteiger partial charge in [-0.2, -0.15) is 0 Å². The van der Waals surface area contributed by atoms with Gasteiger partial charge in [0.2, 0.25) is 11.8 Å². The van der Waals surface area contributed by atoms with Crippen LogP contribution < -0.4 is 10.6 Å². The molecule has 2 aliphatic heterocycles. The van der Waals surface area contributed by atoms with Crippen LogP contribution in [0, 0.1) is 5.82 Å². The molecule has 2 aromatic carbocycles. The van der Waals surface area contributed by atoms with Gasteiger partial charge in [0.25, 0.3) is 5.91 Å². The number of carbonyl (C=O) groups is 3. The number of fused-ring (bicyclic) bond motifs is 3. The average molecular weight is 479 g/mol. The highest BCUT2D eigenvalue weighted by atomic mass is 19.1. The van der Waals surface area contributed by atoms with E-state index in [0.29, 0.717) is 18.6 Å². The number of ether oxygens (including phenoxy) is 1. The summed E-state index contributed by atoms with van der Waals surface area (Å²) < 4.78 is 18.8. The number of aromatic nitrogens is 1. The smallest absolute Gasteiger partial charge is 0.251 e. The molecular weight excluding hydrogens is 451 g/mol. The number of aromatic amines is 1. The number of hydrogen-bond acceptors (Lipinski definition) is 4. The van der Waals surface area contributed by atoms with Crippen molar-refractivity contribution in [1.29, 1.82) is 0 Å². The van der Waals surface area contributed by atoms with Gasteiger partial charge in [0.1, 0.15) is 11.9 Å². The number of nitrogens with one attached hydrogen (secondary N) is 3. The van der Waals surface area contributed by atoms with Gasteiger partial charge in [0, 0.05) is 42.5 Å². The molecule has 9 heteroatoms. The van der Waals surface area contributed by atoms with Crippen LogP contribution in [0.4, 0.5) is 4.39 Å². The third-order valence-corrected chi connectivity index (χ3v) is 6.64. The molecule has 3 amide bonds. The van der Waals surface area contributed by atoms with Gasteiger partial charge in [-0.1, -0.05) is 30.3 Å². The molecule has 3 N–H and O–H groups in total. The second-order valence-corrected chi connectivity index (χ2v) is 9.05. The first kappa shape index (κ1) is 23.0. The van der Waals surface area contributed by atoms with Gasteiger partial charge in [-0.15, -0.1) is 0 Å². The van der Waals surface area contributed by atoms with Crippen LogP contribution in [0.3, 0.4) is 0 Å². The van der Waals surface area contributed by atoms with Crippen molar-refractivity contribution < 1.29 is 23.5 Å². The Balaban J connectivity index is 1.39. The molecular formula is C26H27FN4O4. The number of amides is 3. The quantitative estimate of drug-likeness (QED) is 0.451. The molecule has 0 saturated carbocycles. The highest BCUT2D eigenvalue weighted by molar-refractivity contribution is 5.92. The fourth-order valence-electron chi connectivity index (χ4n) is 4.82. The van der Waals surface area contributed by atoms with Crippen molar-refractivity contribution in [2.24, 2.45) is 0 Å². The van der Waals surface area contributed by atoms with E-state index in [1.807, 2.05) is 24.3 Å². The number of nitrogens with zero attached hydrogens (tertiary/aromatic N) is 1. The third-order valence-electron chi connectivity index (χ3n) is 6.64. The molecule has 3 atom stereocenters. The lowest BCUT2D eigenvalue weighted by Gasteiger charge is -2.35. The zero-order valence-electron chi connectivity index (χ0n) is 19.3. The Morgan fingerprint density at radius 2 is 1.97 bits per heavy atom. The fraction of sp³-hybridized carbons (Fsp3) is 0.346. The number of hydrogen-bond donors (Lipinski definition) is 3. The molecule has 3 aromatic rings. The van der Waals surface area contributed by atoms with Crippen LogP contribution in [0.5, 0.6) is 0 Å². The van der Waals surface area contributed by atoms with Gasteiger partial charge in [0.15, 0.2) is 6.10 Å². The van der Waals surface area contributed by atoms with Gasteiger partial charge < -0.3 is 25.3 Å². The monoisotopic (exact) mass is 478 g/mol. The van der Waals surface area contributed by atoms with Crippen LogP contribution in [0.25, 0.3) is 10.9 Å². The number of likely N-dealkylation sites (N-methyl/N-ethyl adjacent to an activating group) is 1. The Morgan fingerprint density at radius 1 is 1.17 bits per heavy atom. The number of halogens is 1. The highest BCUT2D eigenvalue weighted by Gasteiger charge is 2.38. The largest absolute Gasteiger partial charge is 0.363 e. The number of benzene rings is 2. The Hall–Kier alpha value is -3.72. The van der Waals surface area contributed by atoms with Crippen LogP contribution in [-0.4, -0.2) is 59.4 Å². The summed E-state index contributed by atoms with van der Waals surface area (Å²) >= 11 is 0. The molecule has 1 aromatic heterocycles. The van der Waals surface area contributed by atoms with Crippen molar-refractivity contribution in [1.82, 2.24) is 20.5 Å². The lowest BCUT2D eigenvalue weighted by molar-refractivity contribution is -0.142. The summed E-state index contributed by atoms with van der Waals surface area (Å²) in [4.78, 5) is 43.7. The Morgan fingerprint density at radius 3 is 2.71 bits per heavy atom. The van der Waals surface area contributed by atoms with Crippen LogP contribution >= 0.6 is 0 Å². The van der Waals surface area contributed by atoms with Crippen molar-refractivity contribution in [3.05, 3.63) is 71.2 Å². The second kappa shape index (κ2) is 9.50. The minimum atomic E-state index is -0.670. The van der Waals surface area contributed by atoms with E-state index in [2.05, 4.69) is 15.6 Å². The molecule has 0 bridgehead atoms. The predicted molar refractivity (Wildman–Crippen MR) is 127 cm³/mol. The lowest BCUT2D eigenvalue weighted by atomic mass is 9.94. The Kier molecular flexibility index (Phi) is 6.25. The molecule has 182 valence electrons. The van der Waals surface area contributed by atoms with Crippen molar-refractivity contribution in [3.63, 3.8) is 0 Å². The summed E-state index contributed by atoms with van der Waals surface area (Å²) in [6.07, 6.45) is 0.125. The van der Waals surface area contributed by atoms with E-state index in [1.165, 1.54) is 12.1 Å². The lowest BCUT2D eigenvalue weighted by Crippen LogP contribution is -2.53. The Labute approximate surface area is 201 Å². The normalized spacial score (nSPS) is 19.7. The average Bonchev–Trinajstić information content (AvgIpc) is 3.64. The molecule has 35 heavy (non-hydrogen) atoms. The summed E-state index contributed by atoms with van der Waals surface area (Å²) in [5.41, 5.74) is 3.56. The molecule has 1 saturated heterocycles. The first-order valence-corrected chi connectivity index (χ1v) is 11.7. The van der Waals surface area contributed by atoms with Crippen molar-refractivity contribution in [2.45, 2.75) is 44.0 Å². The van der Waals surface area contributed by atoms with Crippen LogP contribution in [0.1, 0.15) is 23.2 Å². The summed E-state index contributed by atoms with van der Waals surface area (Å²) in [5.74, 6) is -1.18. The van der Waals surface area contributed by atoms with E-state index < -0.39 is 18.2 Å². The van der Waals surface area contributed by atoms with Gasteiger partial charge in [-0.3, -0.25) is 14.4 Å². The fourth-order valence-corrected chi connectivity index (χ4v) is 4.82. The van der Waals surface area contributed by atoms with E-state index in [-0.39, 0.29) is 42.9 Å². The molecule has 0 spiro atoms. The molecule has 3 heterocycles. The molecule has 0 aliphatic carbocycles. The molecule has 1 fully saturated rings. The number of H-pyrrole nitrogens is 1. The van der Waals surface area contributed by atoms with Crippen LogP contribution in [-0.2, 0) is 38.5 Å². The van der Waals surface area contributed by atoms with E-state index in [4.69, 9.17) is 4.74 Å². The standard InChI is InChI=1S/C26H27FN4O4/c1-28-25(33)22-12-19-18-7-2-3-8-20(18)30-21(19)13-31(22)24(32)11-17(29-26(34)23-14-35-23)10-15-5-4-6-16(27)9-15/h2-9,17,22-23,30H,10-14H2,1H3,(H,28,33)(H,29,34)/t17-,22-,23?/m1/s1. The van der Waals surface area contributed by atoms with Crippen molar-refractivity contribution in [2.75, 3.05) is 13.7 Å². The molecule has 1 unspecified atom stereocenters. The zero-order chi connectivity index (χ0) is 24.5. The van der Waals surface area contributed by atoms with Crippen molar-refractivity contribution in [3.8, 4) is 0 Å². The number of rotatable bonds is 7. The molecule has 5 rings (SSSR count). The first-order valence-electron chi connectivity index (χ1n) is 11.7. The minimum absolute atomic E-state index is 0.0297. The van der Waals surface area contributed by atoms with E-state index in [9.17, 15) is 18.8 Å². The maximum atomic E-state index is 13.7. The first-order chi connectivity index (χ1) is 16.9. The molecule has 2 aliphatic rings. The topological polar surface area (TPSA) is 107 Å². The summed E-state index contributed by atoms with van der Waals surface area (Å²) in [6.45, 7) is 0.605. The predicted octanol–water partition coefficient (Wildman–Crippen LogP) is 1.82. The van der Waals surface area contributed by atoms with Gasteiger partial charge in [-0.05, 0) is 35.7 Å². The van der Waals surface area contributed by atoms with E-state index >= 15 is 0 Å². The van der Waals surface area contributed by atoms with Crippen molar-refractivity contribution >= 4 is 28.6 Å². The molecule has 8 nitrogen and oxygen atoms in total. The third kappa shape index (κ3) is 4.90.